The van der Waals surface area contributed by atoms with Gasteiger partial charge in [0.25, 0.3) is 0 Å². The molecule has 0 heterocycles. The van der Waals surface area contributed by atoms with Crippen LogP contribution in [0.2, 0.25) is 0 Å². The molecule has 10 heavy (non-hydrogen) atoms. The van der Waals surface area contributed by atoms with Crippen molar-refractivity contribution >= 4 is 5.97 Å². The van der Waals surface area contributed by atoms with Crippen molar-refractivity contribution in [1.29, 1.82) is 0 Å². The normalized spacial score (nSPS) is 10.6. The lowest BCUT2D eigenvalue weighted by Crippen LogP contribution is -2.08. The molecule has 0 amide bonds. The van der Waals surface area contributed by atoms with E-state index in [-0.39, 0.29) is 11.3 Å². The van der Waals surface area contributed by atoms with E-state index in [1.165, 1.54) is 12.2 Å². The molecule has 0 atom stereocenters. The van der Waals surface area contributed by atoms with Gasteiger partial charge < -0.3 is 10.8 Å². The highest BCUT2D eigenvalue weighted by atomic mass is 16.4. The van der Waals surface area contributed by atoms with Crippen molar-refractivity contribution in [3.05, 3.63) is 36.6 Å². The van der Waals surface area contributed by atoms with Crippen molar-refractivity contribution in [3.63, 3.8) is 0 Å². The third-order valence-electron chi connectivity index (χ3n) is 0.861. The van der Waals surface area contributed by atoms with Crippen LogP contribution in [0.15, 0.2) is 36.6 Å². The van der Waals surface area contributed by atoms with Crippen LogP contribution in [0.5, 0.6) is 0 Å². The molecule has 0 spiro atoms. The van der Waals surface area contributed by atoms with E-state index >= 15 is 0 Å². The Labute approximate surface area is 59.2 Å². The molecule has 0 aliphatic heterocycles. The molecular formula is C7H9NO2. The molecule has 3 heteroatoms. The monoisotopic (exact) mass is 139 g/mol. The van der Waals surface area contributed by atoms with Gasteiger partial charge in [0, 0.05) is 5.70 Å². The molecule has 0 saturated carbocycles. The van der Waals surface area contributed by atoms with Crippen LogP contribution < -0.4 is 5.73 Å². The second-order valence-corrected chi connectivity index (χ2v) is 1.65. The highest BCUT2D eigenvalue weighted by Crippen LogP contribution is 2.00. The summed E-state index contributed by atoms with van der Waals surface area (Å²) in [7, 11) is 0. The fourth-order valence-electron chi connectivity index (χ4n) is 0.434. The maximum Gasteiger partial charge on any atom is 0.337 e. The first-order chi connectivity index (χ1) is 4.59. The van der Waals surface area contributed by atoms with Crippen molar-refractivity contribution in [3.8, 4) is 0 Å². The molecule has 0 unspecified atom stereocenters. The summed E-state index contributed by atoms with van der Waals surface area (Å²) < 4.78 is 0. The quantitative estimate of drug-likeness (QED) is 0.446. The summed E-state index contributed by atoms with van der Waals surface area (Å²) in [6.45, 7) is 6.61. The highest BCUT2D eigenvalue weighted by molar-refractivity contribution is 5.91. The predicted octanol–water partition coefficient (Wildman–Crippen LogP) is 0.656. The minimum absolute atomic E-state index is 0.0185. The number of hydrogen-bond donors (Lipinski definition) is 2. The summed E-state index contributed by atoms with van der Waals surface area (Å²) in [6.07, 6.45) is 2.64. The maximum atomic E-state index is 10.3. The number of rotatable bonds is 3. The standard InChI is InChI=1S/C7H9NO2/c1-3-4-6(5(2)8)7(9)10/h3-4H,1-2,8H2,(H,9,10)/b6-4+. The third kappa shape index (κ3) is 2.17. The number of nitrogens with two attached hydrogens (primary N) is 1. The van der Waals surface area contributed by atoms with Crippen LogP contribution in [0, 0.1) is 0 Å². The van der Waals surface area contributed by atoms with Crippen LogP contribution in [0.1, 0.15) is 0 Å². The number of carbonyl (C=O) groups is 1. The van der Waals surface area contributed by atoms with Gasteiger partial charge in [0.2, 0.25) is 0 Å². The van der Waals surface area contributed by atoms with E-state index in [1.54, 1.807) is 0 Å². The summed E-state index contributed by atoms with van der Waals surface area (Å²) in [5.41, 5.74) is 5.15. The lowest BCUT2D eigenvalue weighted by molar-refractivity contribution is -0.132. The molecule has 0 fully saturated rings. The topological polar surface area (TPSA) is 63.3 Å². The van der Waals surface area contributed by atoms with E-state index in [4.69, 9.17) is 10.8 Å². The number of allylic oxidation sites excluding steroid dienone is 2. The minimum atomic E-state index is -1.09. The Hall–Kier alpha value is -1.51. The summed E-state index contributed by atoms with van der Waals surface area (Å²) in [5.74, 6) is -1.09. The maximum absolute atomic E-state index is 10.3. The Kier molecular flexibility index (Phi) is 2.97. The first kappa shape index (κ1) is 8.49. The minimum Gasteiger partial charge on any atom is -0.478 e. The second kappa shape index (κ2) is 3.50. The first-order valence-electron chi connectivity index (χ1n) is 2.60. The zero-order valence-electron chi connectivity index (χ0n) is 5.50. The molecule has 3 nitrogen and oxygen atoms in total. The molecule has 0 bridgehead atoms. The van der Waals surface area contributed by atoms with Crippen LogP contribution in [0.3, 0.4) is 0 Å². The van der Waals surface area contributed by atoms with Crippen LogP contribution in [0.25, 0.3) is 0 Å². The van der Waals surface area contributed by atoms with Crippen LogP contribution in [0.4, 0.5) is 0 Å². The van der Waals surface area contributed by atoms with Crippen molar-refractivity contribution < 1.29 is 9.90 Å². The molecule has 0 aliphatic rings. The van der Waals surface area contributed by atoms with E-state index in [0.29, 0.717) is 0 Å². The zero-order chi connectivity index (χ0) is 8.15. The lowest BCUT2D eigenvalue weighted by atomic mass is 10.2. The largest absolute Gasteiger partial charge is 0.478 e. The lowest BCUT2D eigenvalue weighted by Gasteiger charge is -1.96. The molecule has 0 aromatic heterocycles. The molecule has 0 rings (SSSR count). The van der Waals surface area contributed by atoms with Gasteiger partial charge in [-0.15, -0.1) is 0 Å². The molecule has 0 aromatic rings. The van der Waals surface area contributed by atoms with E-state index in [0.717, 1.165) is 0 Å². The Bertz CT molecular complexity index is 188. The Morgan fingerprint density at radius 3 is 2.20 bits per heavy atom. The number of hydrogen-bond acceptors (Lipinski definition) is 2. The van der Waals surface area contributed by atoms with E-state index in [2.05, 4.69) is 13.2 Å². The van der Waals surface area contributed by atoms with Crippen molar-refractivity contribution in [2.45, 2.75) is 0 Å². The van der Waals surface area contributed by atoms with Gasteiger partial charge in [-0.3, -0.25) is 0 Å². The third-order valence-corrected chi connectivity index (χ3v) is 0.861. The summed E-state index contributed by atoms with van der Waals surface area (Å²) in [5, 5.41) is 8.42. The number of carboxylic acids is 1. The number of carboxylic acid groups (broad SMARTS) is 1. The van der Waals surface area contributed by atoms with Gasteiger partial charge >= 0.3 is 5.97 Å². The first-order valence-corrected chi connectivity index (χ1v) is 2.60. The molecule has 3 N–H and O–H groups in total. The smallest absolute Gasteiger partial charge is 0.337 e. The summed E-state index contributed by atoms with van der Waals surface area (Å²) in [6, 6.07) is 0. The second-order valence-electron chi connectivity index (χ2n) is 1.65. The average molecular weight is 139 g/mol. The van der Waals surface area contributed by atoms with Crippen LogP contribution >= 0.6 is 0 Å². The van der Waals surface area contributed by atoms with Crippen molar-refractivity contribution in [2.75, 3.05) is 0 Å². The van der Waals surface area contributed by atoms with Gasteiger partial charge in [-0.2, -0.15) is 0 Å². The van der Waals surface area contributed by atoms with Crippen molar-refractivity contribution in [2.24, 2.45) is 5.73 Å². The van der Waals surface area contributed by atoms with Crippen LogP contribution in [-0.2, 0) is 4.79 Å². The highest BCUT2D eigenvalue weighted by Gasteiger charge is 2.05. The van der Waals surface area contributed by atoms with Gasteiger partial charge in [-0.05, 0) is 6.08 Å². The van der Waals surface area contributed by atoms with E-state index in [1.807, 2.05) is 0 Å². The van der Waals surface area contributed by atoms with Crippen LogP contribution in [-0.4, -0.2) is 11.1 Å². The summed E-state index contributed by atoms with van der Waals surface area (Å²) >= 11 is 0. The van der Waals surface area contributed by atoms with E-state index in [9.17, 15) is 4.79 Å². The van der Waals surface area contributed by atoms with Gasteiger partial charge in [0.1, 0.15) is 0 Å². The van der Waals surface area contributed by atoms with Gasteiger partial charge in [0.05, 0.1) is 5.57 Å². The van der Waals surface area contributed by atoms with Crippen molar-refractivity contribution in [1.82, 2.24) is 0 Å². The molecule has 54 valence electrons. The fourth-order valence-corrected chi connectivity index (χ4v) is 0.434. The predicted molar refractivity (Wildman–Crippen MR) is 39.2 cm³/mol. The van der Waals surface area contributed by atoms with Gasteiger partial charge in [-0.25, -0.2) is 4.79 Å². The Balaban J connectivity index is 4.58. The van der Waals surface area contributed by atoms with Gasteiger partial charge in [0.15, 0.2) is 0 Å². The molecule has 0 aliphatic carbocycles. The fraction of sp³-hybridized carbons (Fsp3) is 0. The molecule has 0 saturated heterocycles. The Morgan fingerprint density at radius 1 is 1.60 bits per heavy atom. The zero-order valence-corrected chi connectivity index (χ0v) is 5.50. The van der Waals surface area contributed by atoms with E-state index < -0.39 is 5.97 Å². The molecule has 0 aromatic carbocycles. The Morgan fingerprint density at radius 2 is 2.10 bits per heavy atom. The summed E-state index contributed by atoms with van der Waals surface area (Å²) in [4.78, 5) is 10.3. The SMILES string of the molecule is C=C/C=C(\C(=C)N)C(=O)O. The average Bonchev–Trinajstić information content (AvgIpc) is 1.81. The van der Waals surface area contributed by atoms with Gasteiger partial charge in [-0.1, -0.05) is 19.2 Å². The molecular weight excluding hydrogens is 130 g/mol. The number of aliphatic carboxylic acids is 1. The molecule has 0 radical (unpaired) electrons.